The maximum Gasteiger partial charge on any atom is 0.178 e. The quantitative estimate of drug-likeness (QED) is 0.601. The molecule has 1 aliphatic carbocycles. The summed E-state index contributed by atoms with van der Waals surface area (Å²) in [5.74, 6) is 0.386. The van der Waals surface area contributed by atoms with Crippen molar-refractivity contribution in [1.82, 2.24) is 0 Å². The zero-order chi connectivity index (χ0) is 20.3. The highest BCUT2D eigenvalue weighted by atomic mass is 35.5. The van der Waals surface area contributed by atoms with Crippen molar-refractivity contribution < 1.29 is 8.42 Å². The normalized spacial score (nSPS) is 18.3. The van der Waals surface area contributed by atoms with Gasteiger partial charge in [0.25, 0.3) is 0 Å². The molecule has 0 radical (unpaired) electrons. The first-order chi connectivity index (χ1) is 14.0. The Labute approximate surface area is 185 Å². The fourth-order valence-electron chi connectivity index (χ4n) is 4.25. The van der Waals surface area contributed by atoms with Gasteiger partial charge in [-0.05, 0) is 60.1 Å². The molecule has 0 aromatic heterocycles. The van der Waals surface area contributed by atoms with E-state index in [4.69, 9.17) is 5.73 Å². The van der Waals surface area contributed by atoms with Gasteiger partial charge in [-0.1, -0.05) is 66.7 Å². The van der Waals surface area contributed by atoms with Crippen molar-refractivity contribution >= 4 is 22.2 Å². The van der Waals surface area contributed by atoms with E-state index in [1.54, 1.807) is 24.3 Å². The number of aryl methyl sites for hydroxylation is 2. The second-order valence-electron chi connectivity index (χ2n) is 7.91. The van der Waals surface area contributed by atoms with Crippen molar-refractivity contribution in [3.63, 3.8) is 0 Å². The molecule has 5 heteroatoms. The number of sulfone groups is 1. The van der Waals surface area contributed by atoms with Crippen LogP contribution in [0.3, 0.4) is 0 Å². The van der Waals surface area contributed by atoms with Crippen molar-refractivity contribution in [2.24, 2.45) is 5.73 Å². The van der Waals surface area contributed by atoms with E-state index in [0.717, 1.165) is 24.8 Å². The van der Waals surface area contributed by atoms with Gasteiger partial charge in [0.05, 0.1) is 10.6 Å². The highest BCUT2D eigenvalue weighted by Gasteiger charge is 2.27. The highest BCUT2D eigenvalue weighted by molar-refractivity contribution is 7.91. The summed E-state index contributed by atoms with van der Waals surface area (Å²) in [6.45, 7) is 0. The number of fused-ring (bicyclic) bond motifs is 1. The minimum Gasteiger partial charge on any atom is -0.327 e. The van der Waals surface area contributed by atoms with E-state index in [-0.39, 0.29) is 30.1 Å². The Morgan fingerprint density at radius 1 is 0.867 bits per heavy atom. The first kappa shape index (κ1) is 22.5. The topological polar surface area (TPSA) is 60.2 Å². The lowest BCUT2D eigenvalue weighted by Crippen LogP contribution is -2.34. The van der Waals surface area contributed by atoms with Gasteiger partial charge < -0.3 is 5.73 Å². The lowest BCUT2D eigenvalue weighted by molar-refractivity contribution is 0.467. The van der Waals surface area contributed by atoms with Crippen LogP contribution >= 0.6 is 12.4 Å². The largest absolute Gasteiger partial charge is 0.327 e. The average Bonchev–Trinajstić information content (AvgIpc) is 2.76. The second-order valence-corrected chi connectivity index (χ2v) is 10.0. The van der Waals surface area contributed by atoms with E-state index in [0.29, 0.717) is 11.3 Å². The van der Waals surface area contributed by atoms with Crippen molar-refractivity contribution in [2.45, 2.75) is 42.5 Å². The van der Waals surface area contributed by atoms with Gasteiger partial charge >= 0.3 is 0 Å². The predicted octanol–water partition coefficient (Wildman–Crippen LogP) is 4.72. The van der Waals surface area contributed by atoms with Crippen LogP contribution in [0.1, 0.15) is 34.6 Å². The summed E-state index contributed by atoms with van der Waals surface area (Å²) >= 11 is 0. The Hall–Kier alpha value is -2.14. The van der Waals surface area contributed by atoms with Crippen LogP contribution < -0.4 is 5.73 Å². The first-order valence-electron chi connectivity index (χ1n) is 10.2. The Balaban J connectivity index is 0.00000256. The standard InChI is InChI=1S/C25H27NO2S.ClH/c26-25-14-13-21-12-11-20(15-16-29(27,28)22-9-5-2-6-10-22)17-23(21)24(25)18-19-7-3-1-4-8-19;/h1-12,17,24-25H,13-16,18,26H2;1H. The molecule has 0 amide bonds. The molecule has 4 rings (SSSR count). The van der Waals surface area contributed by atoms with Gasteiger partial charge in [-0.3, -0.25) is 0 Å². The zero-order valence-electron chi connectivity index (χ0n) is 16.9. The van der Waals surface area contributed by atoms with E-state index in [1.165, 1.54) is 16.7 Å². The molecule has 0 bridgehead atoms. The number of hydrogen-bond acceptors (Lipinski definition) is 3. The van der Waals surface area contributed by atoms with Crippen LogP contribution in [0.5, 0.6) is 0 Å². The fraction of sp³-hybridized carbons (Fsp3) is 0.280. The molecule has 2 unspecified atom stereocenters. The molecule has 1 aliphatic rings. The highest BCUT2D eigenvalue weighted by Crippen LogP contribution is 2.34. The second kappa shape index (κ2) is 9.78. The molecule has 30 heavy (non-hydrogen) atoms. The summed E-state index contributed by atoms with van der Waals surface area (Å²) < 4.78 is 25.3. The molecular formula is C25H28ClNO2S. The molecule has 3 aromatic carbocycles. The number of hydrogen-bond donors (Lipinski definition) is 1. The molecule has 0 fully saturated rings. The maximum absolute atomic E-state index is 12.6. The van der Waals surface area contributed by atoms with Crippen molar-refractivity contribution in [1.29, 1.82) is 0 Å². The van der Waals surface area contributed by atoms with Crippen LogP contribution in [0.2, 0.25) is 0 Å². The SMILES string of the molecule is Cl.NC1CCc2ccc(CCS(=O)(=O)c3ccccc3)cc2C1Cc1ccccc1. The Morgan fingerprint density at radius 2 is 1.53 bits per heavy atom. The van der Waals surface area contributed by atoms with E-state index in [9.17, 15) is 8.42 Å². The Morgan fingerprint density at radius 3 is 2.23 bits per heavy atom. The van der Waals surface area contributed by atoms with Crippen LogP contribution in [-0.4, -0.2) is 20.2 Å². The van der Waals surface area contributed by atoms with Crippen molar-refractivity contribution in [2.75, 3.05) is 5.75 Å². The van der Waals surface area contributed by atoms with E-state index in [2.05, 4.69) is 42.5 Å². The van der Waals surface area contributed by atoms with Crippen molar-refractivity contribution in [3.05, 3.63) is 101 Å². The van der Waals surface area contributed by atoms with Gasteiger partial charge in [-0.2, -0.15) is 0 Å². The Bertz CT molecular complexity index is 1070. The number of benzene rings is 3. The monoisotopic (exact) mass is 441 g/mol. The minimum atomic E-state index is -3.28. The molecule has 0 saturated heterocycles. The molecule has 0 aliphatic heterocycles. The lowest BCUT2D eigenvalue weighted by Gasteiger charge is -2.32. The van der Waals surface area contributed by atoms with Crippen LogP contribution in [-0.2, 0) is 29.1 Å². The molecule has 3 aromatic rings. The summed E-state index contributed by atoms with van der Waals surface area (Å²) in [5.41, 5.74) is 11.5. The van der Waals surface area contributed by atoms with Gasteiger partial charge in [-0.15, -0.1) is 12.4 Å². The number of rotatable bonds is 6. The number of halogens is 1. The smallest absolute Gasteiger partial charge is 0.178 e. The van der Waals surface area contributed by atoms with Crippen LogP contribution in [0.4, 0.5) is 0 Å². The van der Waals surface area contributed by atoms with Gasteiger partial charge in [0.15, 0.2) is 9.84 Å². The molecule has 0 saturated carbocycles. The van der Waals surface area contributed by atoms with Gasteiger partial charge in [0.1, 0.15) is 0 Å². The van der Waals surface area contributed by atoms with E-state index >= 15 is 0 Å². The third-order valence-electron chi connectivity index (χ3n) is 5.93. The zero-order valence-corrected chi connectivity index (χ0v) is 18.5. The average molecular weight is 442 g/mol. The molecule has 3 nitrogen and oxygen atoms in total. The third-order valence-corrected chi connectivity index (χ3v) is 7.67. The fourth-order valence-corrected chi connectivity index (χ4v) is 5.57. The van der Waals surface area contributed by atoms with Gasteiger partial charge in [-0.25, -0.2) is 8.42 Å². The summed E-state index contributed by atoms with van der Waals surface area (Å²) in [5, 5.41) is 0. The molecule has 0 spiro atoms. The summed E-state index contributed by atoms with van der Waals surface area (Å²) in [7, 11) is -3.28. The lowest BCUT2D eigenvalue weighted by atomic mass is 9.76. The summed E-state index contributed by atoms with van der Waals surface area (Å²) in [4.78, 5) is 0.391. The maximum atomic E-state index is 12.6. The van der Waals surface area contributed by atoms with E-state index in [1.807, 2.05) is 12.1 Å². The minimum absolute atomic E-state index is 0. The predicted molar refractivity (Wildman–Crippen MR) is 125 cm³/mol. The molecule has 158 valence electrons. The van der Waals surface area contributed by atoms with Crippen LogP contribution in [0.15, 0.2) is 83.8 Å². The van der Waals surface area contributed by atoms with Gasteiger partial charge in [0, 0.05) is 12.0 Å². The number of nitrogens with two attached hydrogens (primary N) is 1. The summed E-state index contributed by atoms with van der Waals surface area (Å²) in [6, 6.07) is 25.7. The van der Waals surface area contributed by atoms with E-state index < -0.39 is 9.84 Å². The van der Waals surface area contributed by atoms with Crippen LogP contribution in [0, 0.1) is 0 Å². The first-order valence-corrected chi connectivity index (χ1v) is 11.9. The molecule has 0 heterocycles. The molecule has 2 atom stereocenters. The molecule has 2 N–H and O–H groups in total. The van der Waals surface area contributed by atoms with Crippen LogP contribution in [0.25, 0.3) is 0 Å². The molecular weight excluding hydrogens is 414 g/mol. The van der Waals surface area contributed by atoms with Gasteiger partial charge in [0.2, 0.25) is 0 Å². The van der Waals surface area contributed by atoms with Crippen molar-refractivity contribution in [3.8, 4) is 0 Å². The third kappa shape index (κ3) is 5.12. The Kier molecular flexibility index (Phi) is 7.35. The summed E-state index contributed by atoms with van der Waals surface area (Å²) in [6.07, 6.45) is 3.41.